The van der Waals surface area contributed by atoms with E-state index in [9.17, 15) is 5.26 Å². The topological polar surface area (TPSA) is 27.0 Å². The van der Waals surface area contributed by atoms with Gasteiger partial charge in [-0.25, -0.2) is 0 Å². The van der Waals surface area contributed by atoms with Gasteiger partial charge in [-0.05, 0) is 38.1 Å². The van der Waals surface area contributed by atoms with Crippen LogP contribution < -0.4 is 0 Å². The van der Waals surface area contributed by atoms with Crippen LogP contribution in [-0.4, -0.2) is 24.0 Å². The fraction of sp³-hybridized carbons (Fsp3) is 0.933. The van der Waals surface area contributed by atoms with Crippen LogP contribution in [0.1, 0.15) is 58.3 Å². The highest BCUT2D eigenvalue weighted by Gasteiger charge is 2.30. The van der Waals surface area contributed by atoms with Crippen LogP contribution in [0.25, 0.3) is 0 Å². The zero-order chi connectivity index (χ0) is 12.1. The van der Waals surface area contributed by atoms with Crippen LogP contribution in [-0.2, 0) is 0 Å². The third kappa shape index (κ3) is 3.22. The highest BCUT2D eigenvalue weighted by Crippen LogP contribution is 2.31. The van der Waals surface area contributed by atoms with Crippen LogP contribution >= 0.6 is 0 Å². The SMILES string of the molecule is CCN(CC1CCC1)C1CCCCCC1C#N. The van der Waals surface area contributed by atoms with Gasteiger partial charge in [-0.15, -0.1) is 0 Å². The first kappa shape index (κ1) is 12.9. The summed E-state index contributed by atoms with van der Waals surface area (Å²) in [5.74, 6) is 1.22. The van der Waals surface area contributed by atoms with Gasteiger partial charge in [0, 0.05) is 12.6 Å². The quantitative estimate of drug-likeness (QED) is 0.695. The molecule has 0 aliphatic heterocycles. The van der Waals surface area contributed by atoms with E-state index in [-0.39, 0.29) is 5.92 Å². The Kier molecular flexibility index (Phi) is 4.86. The molecule has 2 fully saturated rings. The second-order valence-corrected chi connectivity index (χ2v) is 5.83. The summed E-state index contributed by atoms with van der Waals surface area (Å²) >= 11 is 0. The molecule has 0 N–H and O–H groups in total. The van der Waals surface area contributed by atoms with Crippen molar-refractivity contribution in [2.45, 2.75) is 64.3 Å². The van der Waals surface area contributed by atoms with Crippen LogP contribution in [0.4, 0.5) is 0 Å². The van der Waals surface area contributed by atoms with E-state index in [0.29, 0.717) is 6.04 Å². The minimum Gasteiger partial charge on any atom is -0.299 e. The summed E-state index contributed by atoms with van der Waals surface area (Å²) in [4.78, 5) is 2.61. The van der Waals surface area contributed by atoms with E-state index in [4.69, 9.17) is 0 Å². The van der Waals surface area contributed by atoms with Crippen LogP contribution in [0.2, 0.25) is 0 Å². The normalized spacial score (nSPS) is 30.6. The summed E-state index contributed by atoms with van der Waals surface area (Å²) < 4.78 is 0. The van der Waals surface area contributed by atoms with Gasteiger partial charge in [-0.2, -0.15) is 5.26 Å². The standard InChI is InChI=1S/C15H26N2/c1-2-17(12-13-7-6-8-13)15-10-5-3-4-9-14(15)11-16/h13-15H,2-10,12H2,1H3. The summed E-state index contributed by atoms with van der Waals surface area (Å²) in [6.45, 7) is 4.64. The monoisotopic (exact) mass is 234 g/mol. The molecule has 0 bridgehead atoms. The van der Waals surface area contributed by atoms with Crippen molar-refractivity contribution in [2.75, 3.05) is 13.1 Å². The molecular formula is C15H26N2. The van der Waals surface area contributed by atoms with Crippen molar-refractivity contribution < 1.29 is 0 Å². The highest BCUT2D eigenvalue weighted by molar-refractivity contribution is 4.95. The Morgan fingerprint density at radius 2 is 1.82 bits per heavy atom. The first-order chi connectivity index (χ1) is 8.35. The minimum atomic E-state index is 0.289. The lowest BCUT2D eigenvalue weighted by Crippen LogP contribution is -2.43. The summed E-state index contributed by atoms with van der Waals surface area (Å²) in [6.07, 6.45) is 10.5. The van der Waals surface area contributed by atoms with Crippen LogP contribution in [0, 0.1) is 23.2 Å². The number of nitrogens with zero attached hydrogens (tertiary/aromatic N) is 2. The maximum atomic E-state index is 9.36. The van der Waals surface area contributed by atoms with Gasteiger partial charge in [0.05, 0.1) is 12.0 Å². The first-order valence-electron chi connectivity index (χ1n) is 7.48. The molecule has 0 amide bonds. The molecule has 2 rings (SSSR count). The van der Waals surface area contributed by atoms with Crippen LogP contribution in [0.15, 0.2) is 0 Å². The molecule has 0 aromatic rings. The van der Waals surface area contributed by atoms with E-state index in [0.717, 1.165) is 18.9 Å². The fourth-order valence-corrected chi connectivity index (χ4v) is 3.38. The zero-order valence-corrected chi connectivity index (χ0v) is 11.2. The lowest BCUT2D eigenvalue weighted by atomic mass is 9.84. The number of rotatable bonds is 4. The van der Waals surface area contributed by atoms with E-state index in [1.165, 1.54) is 51.5 Å². The van der Waals surface area contributed by atoms with Crippen molar-refractivity contribution in [3.05, 3.63) is 0 Å². The van der Waals surface area contributed by atoms with Crippen LogP contribution in [0.3, 0.4) is 0 Å². The van der Waals surface area contributed by atoms with Crippen molar-refractivity contribution in [1.82, 2.24) is 4.90 Å². The van der Waals surface area contributed by atoms with Gasteiger partial charge in [0.2, 0.25) is 0 Å². The molecule has 96 valence electrons. The molecule has 17 heavy (non-hydrogen) atoms. The van der Waals surface area contributed by atoms with Gasteiger partial charge in [0.15, 0.2) is 0 Å². The summed E-state index contributed by atoms with van der Waals surface area (Å²) in [5.41, 5.74) is 0. The van der Waals surface area contributed by atoms with E-state index < -0.39 is 0 Å². The zero-order valence-electron chi connectivity index (χ0n) is 11.2. The number of hydrogen-bond acceptors (Lipinski definition) is 2. The average Bonchev–Trinajstić information content (AvgIpc) is 2.53. The van der Waals surface area contributed by atoms with Crippen molar-refractivity contribution in [3.8, 4) is 6.07 Å². The largest absolute Gasteiger partial charge is 0.299 e. The molecule has 0 radical (unpaired) electrons. The van der Waals surface area contributed by atoms with Crippen molar-refractivity contribution in [3.63, 3.8) is 0 Å². The van der Waals surface area contributed by atoms with Gasteiger partial charge in [0.25, 0.3) is 0 Å². The molecule has 2 unspecified atom stereocenters. The minimum absolute atomic E-state index is 0.289. The molecule has 2 saturated carbocycles. The lowest BCUT2D eigenvalue weighted by molar-refractivity contribution is 0.111. The third-order valence-electron chi connectivity index (χ3n) is 4.74. The Bertz CT molecular complexity index is 265. The molecular weight excluding hydrogens is 208 g/mol. The highest BCUT2D eigenvalue weighted by atomic mass is 15.2. The average molecular weight is 234 g/mol. The molecule has 0 spiro atoms. The molecule has 0 saturated heterocycles. The maximum absolute atomic E-state index is 9.36. The second kappa shape index (κ2) is 6.40. The van der Waals surface area contributed by atoms with Gasteiger partial charge in [-0.3, -0.25) is 4.90 Å². The van der Waals surface area contributed by atoms with E-state index >= 15 is 0 Å². The second-order valence-electron chi connectivity index (χ2n) is 5.83. The Labute approximate surface area is 106 Å². The molecule has 0 aromatic heterocycles. The van der Waals surface area contributed by atoms with Gasteiger partial charge in [0.1, 0.15) is 0 Å². The Balaban J connectivity index is 1.96. The summed E-state index contributed by atoms with van der Waals surface area (Å²) in [5, 5.41) is 9.36. The van der Waals surface area contributed by atoms with Crippen molar-refractivity contribution in [2.24, 2.45) is 11.8 Å². The van der Waals surface area contributed by atoms with E-state index in [2.05, 4.69) is 17.9 Å². The Hall–Kier alpha value is -0.550. The lowest BCUT2D eigenvalue weighted by Gasteiger charge is -2.38. The molecule has 2 atom stereocenters. The van der Waals surface area contributed by atoms with Gasteiger partial charge < -0.3 is 0 Å². The predicted molar refractivity (Wildman–Crippen MR) is 70.6 cm³/mol. The molecule has 2 nitrogen and oxygen atoms in total. The first-order valence-corrected chi connectivity index (χ1v) is 7.48. The number of hydrogen-bond donors (Lipinski definition) is 0. The Morgan fingerprint density at radius 1 is 1.06 bits per heavy atom. The molecule has 0 aromatic carbocycles. The van der Waals surface area contributed by atoms with Gasteiger partial charge in [-0.1, -0.05) is 32.6 Å². The molecule has 0 heterocycles. The van der Waals surface area contributed by atoms with E-state index in [1.54, 1.807) is 0 Å². The Morgan fingerprint density at radius 3 is 2.41 bits per heavy atom. The third-order valence-corrected chi connectivity index (χ3v) is 4.74. The molecule has 2 aliphatic carbocycles. The fourth-order valence-electron chi connectivity index (χ4n) is 3.38. The smallest absolute Gasteiger partial charge is 0.0672 e. The molecule has 2 heteroatoms. The maximum Gasteiger partial charge on any atom is 0.0672 e. The molecule has 2 aliphatic rings. The van der Waals surface area contributed by atoms with E-state index in [1.807, 2.05) is 0 Å². The van der Waals surface area contributed by atoms with Gasteiger partial charge >= 0.3 is 0 Å². The van der Waals surface area contributed by atoms with Crippen molar-refractivity contribution in [1.29, 1.82) is 5.26 Å². The number of nitriles is 1. The summed E-state index contributed by atoms with van der Waals surface area (Å²) in [6, 6.07) is 3.13. The summed E-state index contributed by atoms with van der Waals surface area (Å²) in [7, 11) is 0. The predicted octanol–water partition coefficient (Wildman–Crippen LogP) is 3.58. The van der Waals surface area contributed by atoms with Crippen LogP contribution in [0.5, 0.6) is 0 Å². The van der Waals surface area contributed by atoms with Crippen molar-refractivity contribution >= 4 is 0 Å².